The van der Waals surface area contributed by atoms with E-state index >= 15 is 0 Å². The Bertz CT molecular complexity index is 875. The van der Waals surface area contributed by atoms with Gasteiger partial charge in [0.15, 0.2) is 0 Å². The number of hydrogen-bond donors (Lipinski definition) is 1. The summed E-state index contributed by atoms with van der Waals surface area (Å²) in [7, 11) is 1.56. The van der Waals surface area contributed by atoms with Crippen molar-refractivity contribution >= 4 is 0 Å². The van der Waals surface area contributed by atoms with Crippen LogP contribution in [0.15, 0.2) is 62.9 Å². The normalized spacial score (nSPS) is 10.5. The molecule has 0 radical (unpaired) electrons. The van der Waals surface area contributed by atoms with Crippen LogP contribution in [0.4, 0.5) is 0 Å². The van der Waals surface area contributed by atoms with E-state index in [-0.39, 0.29) is 0 Å². The minimum Gasteiger partial charge on any atom is -0.496 e. The molecule has 0 bridgehead atoms. The first-order valence-corrected chi connectivity index (χ1v) is 6.23. The van der Waals surface area contributed by atoms with Gasteiger partial charge in [0.25, 0.3) is 5.56 Å². The molecule has 106 valence electrons. The second-order valence-electron chi connectivity index (χ2n) is 4.34. The molecule has 0 aliphatic carbocycles. The Hall–Kier alpha value is -3.02. The molecule has 0 unspecified atom stereocenters. The maximum Gasteiger partial charge on any atom is 0.332 e. The van der Waals surface area contributed by atoms with Gasteiger partial charge in [-0.1, -0.05) is 0 Å². The van der Waals surface area contributed by atoms with Crippen LogP contribution < -0.4 is 16.0 Å². The summed E-state index contributed by atoms with van der Waals surface area (Å²) in [6.45, 7) is 0. The lowest BCUT2D eigenvalue weighted by Gasteiger charge is -2.10. The molecule has 0 aliphatic rings. The molecule has 2 heterocycles. The van der Waals surface area contributed by atoms with Crippen LogP contribution in [-0.2, 0) is 0 Å². The van der Waals surface area contributed by atoms with Gasteiger partial charge in [-0.05, 0) is 30.3 Å². The maximum atomic E-state index is 11.8. The van der Waals surface area contributed by atoms with E-state index in [2.05, 4.69) is 4.98 Å². The number of benzene rings is 1. The summed E-state index contributed by atoms with van der Waals surface area (Å²) < 4.78 is 12.0. The lowest BCUT2D eigenvalue weighted by Crippen LogP contribution is -2.27. The highest BCUT2D eigenvalue weighted by Gasteiger charge is 2.11. The fourth-order valence-corrected chi connectivity index (χ4v) is 2.09. The largest absolute Gasteiger partial charge is 0.496 e. The molecule has 0 aliphatic heterocycles. The molecular formula is C15H12N2O4. The van der Waals surface area contributed by atoms with E-state index in [1.807, 2.05) is 0 Å². The predicted octanol–water partition coefficient (Wildman–Crippen LogP) is 1.79. The highest BCUT2D eigenvalue weighted by molar-refractivity contribution is 5.68. The van der Waals surface area contributed by atoms with E-state index in [4.69, 9.17) is 9.15 Å². The van der Waals surface area contributed by atoms with Crippen molar-refractivity contribution in [2.24, 2.45) is 0 Å². The van der Waals surface area contributed by atoms with Crippen LogP contribution in [0, 0.1) is 0 Å². The van der Waals surface area contributed by atoms with Gasteiger partial charge < -0.3 is 9.15 Å². The standard InChI is InChI=1S/C15H12N2O4/c1-20-12-5-4-10(9-11(12)13-3-2-8-21-13)17-7-6-14(18)16-15(17)19/h2-9H,1H3,(H,16,18,19). The third kappa shape index (κ3) is 2.38. The average molecular weight is 284 g/mol. The van der Waals surface area contributed by atoms with Crippen LogP contribution in [0.2, 0.25) is 0 Å². The van der Waals surface area contributed by atoms with Gasteiger partial charge in [0.1, 0.15) is 11.5 Å². The molecule has 0 saturated carbocycles. The number of hydrogen-bond acceptors (Lipinski definition) is 4. The number of H-pyrrole nitrogens is 1. The second-order valence-corrected chi connectivity index (χ2v) is 4.34. The summed E-state index contributed by atoms with van der Waals surface area (Å²) >= 11 is 0. The number of aromatic amines is 1. The summed E-state index contributed by atoms with van der Waals surface area (Å²) in [6.07, 6.45) is 2.99. The monoisotopic (exact) mass is 284 g/mol. The number of aromatic nitrogens is 2. The van der Waals surface area contributed by atoms with Crippen molar-refractivity contribution in [1.82, 2.24) is 9.55 Å². The van der Waals surface area contributed by atoms with Gasteiger partial charge in [0.2, 0.25) is 0 Å². The molecule has 1 aromatic carbocycles. The lowest BCUT2D eigenvalue weighted by molar-refractivity contribution is 0.414. The zero-order valence-corrected chi connectivity index (χ0v) is 11.2. The fraction of sp³-hybridized carbons (Fsp3) is 0.0667. The van der Waals surface area contributed by atoms with Crippen molar-refractivity contribution in [1.29, 1.82) is 0 Å². The second kappa shape index (κ2) is 5.16. The summed E-state index contributed by atoms with van der Waals surface area (Å²) in [5.74, 6) is 1.26. The average Bonchev–Trinajstić information content (AvgIpc) is 3.01. The van der Waals surface area contributed by atoms with E-state index < -0.39 is 11.2 Å². The first-order chi connectivity index (χ1) is 10.2. The van der Waals surface area contributed by atoms with Gasteiger partial charge >= 0.3 is 5.69 Å². The smallest absolute Gasteiger partial charge is 0.332 e. The van der Waals surface area contributed by atoms with E-state index in [9.17, 15) is 9.59 Å². The number of rotatable bonds is 3. The van der Waals surface area contributed by atoms with Crippen molar-refractivity contribution in [3.63, 3.8) is 0 Å². The van der Waals surface area contributed by atoms with Crippen LogP contribution in [0.3, 0.4) is 0 Å². The Morgan fingerprint density at radius 1 is 1.19 bits per heavy atom. The van der Waals surface area contributed by atoms with Gasteiger partial charge in [0, 0.05) is 12.3 Å². The molecule has 2 aromatic heterocycles. The zero-order valence-electron chi connectivity index (χ0n) is 11.2. The number of nitrogens with zero attached hydrogens (tertiary/aromatic N) is 1. The van der Waals surface area contributed by atoms with Crippen LogP contribution in [0.25, 0.3) is 17.0 Å². The van der Waals surface area contributed by atoms with Gasteiger partial charge in [0.05, 0.1) is 24.6 Å². The minimum atomic E-state index is -0.502. The molecule has 0 saturated heterocycles. The summed E-state index contributed by atoms with van der Waals surface area (Å²) in [5.41, 5.74) is 0.385. The molecule has 21 heavy (non-hydrogen) atoms. The predicted molar refractivity (Wildman–Crippen MR) is 76.9 cm³/mol. The van der Waals surface area contributed by atoms with Crippen molar-refractivity contribution in [3.8, 4) is 22.8 Å². The number of furan rings is 1. The Morgan fingerprint density at radius 2 is 2.05 bits per heavy atom. The third-order valence-corrected chi connectivity index (χ3v) is 3.07. The molecule has 0 atom stereocenters. The molecule has 0 spiro atoms. The van der Waals surface area contributed by atoms with Gasteiger partial charge in [-0.15, -0.1) is 0 Å². The van der Waals surface area contributed by atoms with Gasteiger partial charge in [-0.3, -0.25) is 14.3 Å². The first-order valence-electron chi connectivity index (χ1n) is 6.23. The van der Waals surface area contributed by atoms with Crippen molar-refractivity contribution < 1.29 is 9.15 Å². The molecule has 6 nitrogen and oxygen atoms in total. The molecular weight excluding hydrogens is 272 g/mol. The van der Waals surface area contributed by atoms with Crippen LogP contribution in [0.1, 0.15) is 0 Å². The molecule has 1 N–H and O–H groups in total. The van der Waals surface area contributed by atoms with Crippen LogP contribution in [-0.4, -0.2) is 16.7 Å². The molecule has 3 rings (SSSR count). The highest BCUT2D eigenvalue weighted by atomic mass is 16.5. The Morgan fingerprint density at radius 3 is 2.71 bits per heavy atom. The van der Waals surface area contributed by atoms with Crippen molar-refractivity contribution in [2.75, 3.05) is 7.11 Å². The van der Waals surface area contributed by atoms with Crippen LogP contribution >= 0.6 is 0 Å². The Kier molecular flexibility index (Phi) is 3.19. The first kappa shape index (κ1) is 13.0. The zero-order chi connectivity index (χ0) is 14.8. The maximum absolute atomic E-state index is 11.8. The number of ether oxygens (including phenoxy) is 1. The Balaban J connectivity index is 2.19. The SMILES string of the molecule is COc1ccc(-n2ccc(=O)[nH]c2=O)cc1-c1ccco1. The van der Waals surface area contributed by atoms with Gasteiger partial charge in [-0.25, -0.2) is 4.79 Å². The summed E-state index contributed by atoms with van der Waals surface area (Å²) in [6, 6.07) is 10.1. The van der Waals surface area contributed by atoms with E-state index in [0.29, 0.717) is 17.2 Å². The van der Waals surface area contributed by atoms with Crippen LogP contribution in [0.5, 0.6) is 5.75 Å². The Labute approximate surface area is 119 Å². The highest BCUT2D eigenvalue weighted by Crippen LogP contribution is 2.31. The third-order valence-electron chi connectivity index (χ3n) is 3.07. The van der Waals surface area contributed by atoms with E-state index in [1.54, 1.807) is 43.7 Å². The molecule has 0 amide bonds. The summed E-state index contributed by atoms with van der Waals surface area (Å²) in [4.78, 5) is 25.2. The molecule has 3 aromatic rings. The topological polar surface area (TPSA) is 77.2 Å². The lowest BCUT2D eigenvalue weighted by atomic mass is 10.1. The van der Waals surface area contributed by atoms with Gasteiger partial charge in [-0.2, -0.15) is 0 Å². The molecule has 6 heteroatoms. The van der Waals surface area contributed by atoms with E-state index in [0.717, 1.165) is 5.56 Å². The summed E-state index contributed by atoms with van der Waals surface area (Å²) in [5, 5.41) is 0. The number of nitrogens with one attached hydrogen (secondary N) is 1. The number of methoxy groups -OCH3 is 1. The minimum absolute atomic E-state index is 0.434. The quantitative estimate of drug-likeness (QED) is 0.795. The molecule has 0 fully saturated rings. The van der Waals surface area contributed by atoms with Crippen molar-refractivity contribution in [3.05, 3.63) is 69.7 Å². The fourth-order valence-electron chi connectivity index (χ4n) is 2.09. The van der Waals surface area contributed by atoms with E-state index in [1.165, 1.54) is 16.8 Å². The van der Waals surface area contributed by atoms with Crippen molar-refractivity contribution in [2.45, 2.75) is 0 Å².